The Morgan fingerprint density at radius 1 is 0.625 bits per heavy atom. The summed E-state index contributed by atoms with van der Waals surface area (Å²) in [5.41, 5.74) is 1.47. The molecule has 0 amide bonds. The number of hydrogen-bond donors (Lipinski definition) is 0. The van der Waals surface area contributed by atoms with Crippen molar-refractivity contribution < 1.29 is 4.79 Å². The second-order valence-corrected chi connectivity index (χ2v) is 3.06. The van der Waals surface area contributed by atoms with Crippen molar-refractivity contribution in [3.8, 4) is 0 Å². The number of carbonyl (C=O) groups excluding carboxylic acids is 1. The predicted molar refractivity (Wildman–Crippen MR) is 70.8 cm³/mol. The molecule has 0 bridgehead atoms. The molecule has 0 aliphatic heterocycles. The van der Waals surface area contributed by atoms with Crippen LogP contribution < -0.4 is 0 Å². The van der Waals surface area contributed by atoms with E-state index in [1.165, 1.54) is 0 Å². The monoisotopic (exact) mass is 254 g/mol. The van der Waals surface area contributed by atoms with E-state index in [-0.39, 0.29) is 30.6 Å². The number of halogens is 2. The zero-order valence-corrected chi connectivity index (χ0v) is 10.1. The van der Waals surface area contributed by atoms with Crippen LogP contribution >= 0.6 is 24.8 Å². The zero-order chi connectivity index (χ0) is 9.80. The normalized spacial score (nSPS) is 8.50. The molecule has 0 fully saturated rings. The van der Waals surface area contributed by atoms with Crippen molar-refractivity contribution in [3.63, 3.8) is 0 Å². The number of carbonyl (C=O) groups is 1. The van der Waals surface area contributed by atoms with Crippen LogP contribution in [-0.4, -0.2) is 5.78 Å². The van der Waals surface area contributed by atoms with Crippen LogP contribution in [0.2, 0.25) is 0 Å². The van der Waals surface area contributed by atoms with Gasteiger partial charge in [-0.05, 0) is 0 Å². The molecule has 0 aromatic heterocycles. The van der Waals surface area contributed by atoms with Crippen LogP contribution in [0.25, 0.3) is 0 Å². The van der Waals surface area contributed by atoms with Gasteiger partial charge in [0.15, 0.2) is 5.78 Å². The first kappa shape index (κ1) is 14.7. The number of ketones is 1. The molecule has 0 radical (unpaired) electrons. The van der Waals surface area contributed by atoms with Gasteiger partial charge in [0.1, 0.15) is 0 Å². The number of rotatable bonds is 2. The third kappa shape index (κ3) is 3.37. The van der Waals surface area contributed by atoms with Crippen LogP contribution in [0.1, 0.15) is 15.9 Å². The molecule has 2 aromatic carbocycles. The van der Waals surface area contributed by atoms with Gasteiger partial charge in [-0.1, -0.05) is 60.7 Å². The van der Waals surface area contributed by atoms with Crippen molar-refractivity contribution in [2.45, 2.75) is 0 Å². The van der Waals surface area contributed by atoms with E-state index in [0.717, 1.165) is 11.1 Å². The molecular formula is C13H12Cl2O. The largest absolute Gasteiger partial charge is 0.289 e. The number of hydrogen-bond acceptors (Lipinski definition) is 1. The van der Waals surface area contributed by atoms with E-state index in [1.54, 1.807) is 0 Å². The minimum absolute atomic E-state index is 0. The molecule has 2 aromatic rings. The molecule has 0 heterocycles. The predicted octanol–water partition coefficient (Wildman–Crippen LogP) is 3.76. The molecule has 0 saturated carbocycles. The Hall–Kier alpha value is -1.31. The second-order valence-electron chi connectivity index (χ2n) is 3.06. The maximum absolute atomic E-state index is 11.8. The summed E-state index contributed by atoms with van der Waals surface area (Å²) in [7, 11) is 0. The first-order valence-electron chi connectivity index (χ1n) is 4.53. The zero-order valence-electron chi connectivity index (χ0n) is 8.50. The molecule has 0 saturated heterocycles. The molecule has 0 atom stereocenters. The van der Waals surface area contributed by atoms with E-state index >= 15 is 0 Å². The molecule has 0 unspecified atom stereocenters. The lowest BCUT2D eigenvalue weighted by Crippen LogP contribution is -1.99. The summed E-state index contributed by atoms with van der Waals surface area (Å²) in [5.74, 6) is 0.0752. The Morgan fingerprint density at radius 2 is 0.938 bits per heavy atom. The third-order valence-corrected chi connectivity index (χ3v) is 2.07. The minimum atomic E-state index is 0. The smallest absolute Gasteiger partial charge is 0.193 e. The van der Waals surface area contributed by atoms with Gasteiger partial charge in [-0.2, -0.15) is 0 Å². The summed E-state index contributed by atoms with van der Waals surface area (Å²) in [6.45, 7) is 0. The van der Waals surface area contributed by atoms with Crippen molar-refractivity contribution in [3.05, 3.63) is 71.8 Å². The molecule has 0 aliphatic carbocycles. The lowest BCUT2D eigenvalue weighted by atomic mass is 10.0. The van der Waals surface area contributed by atoms with E-state index in [1.807, 2.05) is 60.7 Å². The van der Waals surface area contributed by atoms with Crippen molar-refractivity contribution in [1.29, 1.82) is 0 Å². The Balaban J connectivity index is 0.00000112. The topological polar surface area (TPSA) is 17.1 Å². The Bertz CT molecular complexity index is 385. The standard InChI is InChI=1S/C13H10O.2ClH/c14-13(11-7-3-1-4-8-11)12-9-5-2-6-10-12;;/h1-10H;2*1H. The van der Waals surface area contributed by atoms with Gasteiger partial charge in [0.25, 0.3) is 0 Å². The molecule has 2 rings (SSSR count). The van der Waals surface area contributed by atoms with Crippen LogP contribution in [0.3, 0.4) is 0 Å². The Labute approximate surface area is 107 Å². The maximum Gasteiger partial charge on any atom is 0.193 e. The highest BCUT2D eigenvalue weighted by Gasteiger charge is 2.06. The highest BCUT2D eigenvalue weighted by atomic mass is 35.5. The van der Waals surface area contributed by atoms with Gasteiger partial charge in [-0.3, -0.25) is 4.79 Å². The summed E-state index contributed by atoms with van der Waals surface area (Å²) in [4.78, 5) is 11.8. The van der Waals surface area contributed by atoms with Crippen LogP contribution in [0.5, 0.6) is 0 Å². The van der Waals surface area contributed by atoms with E-state index in [9.17, 15) is 4.79 Å². The fourth-order valence-corrected chi connectivity index (χ4v) is 1.35. The fraction of sp³-hybridized carbons (Fsp3) is 0. The van der Waals surface area contributed by atoms with Gasteiger partial charge in [-0.15, -0.1) is 24.8 Å². The molecule has 0 spiro atoms. The molecule has 16 heavy (non-hydrogen) atoms. The van der Waals surface area contributed by atoms with E-state index in [2.05, 4.69) is 0 Å². The molecule has 84 valence electrons. The summed E-state index contributed by atoms with van der Waals surface area (Å²) < 4.78 is 0. The Kier molecular flexibility index (Phi) is 6.47. The average molecular weight is 255 g/mol. The lowest BCUT2D eigenvalue weighted by molar-refractivity contribution is 0.103. The quantitative estimate of drug-likeness (QED) is 0.746. The third-order valence-electron chi connectivity index (χ3n) is 2.07. The van der Waals surface area contributed by atoms with Crippen molar-refractivity contribution in [2.75, 3.05) is 0 Å². The molecule has 3 heteroatoms. The van der Waals surface area contributed by atoms with Crippen LogP contribution in [0.15, 0.2) is 60.7 Å². The van der Waals surface area contributed by atoms with E-state index < -0.39 is 0 Å². The van der Waals surface area contributed by atoms with E-state index in [0.29, 0.717) is 0 Å². The molecule has 0 aliphatic rings. The molecule has 0 N–H and O–H groups in total. The van der Waals surface area contributed by atoms with Crippen LogP contribution in [0.4, 0.5) is 0 Å². The van der Waals surface area contributed by atoms with Crippen molar-refractivity contribution >= 4 is 30.6 Å². The summed E-state index contributed by atoms with van der Waals surface area (Å²) in [5, 5.41) is 0. The minimum Gasteiger partial charge on any atom is -0.289 e. The van der Waals surface area contributed by atoms with Gasteiger partial charge >= 0.3 is 0 Å². The molecule has 1 nitrogen and oxygen atoms in total. The van der Waals surface area contributed by atoms with Gasteiger partial charge in [0.05, 0.1) is 0 Å². The first-order valence-corrected chi connectivity index (χ1v) is 4.53. The summed E-state index contributed by atoms with van der Waals surface area (Å²) >= 11 is 0. The highest BCUT2D eigenvalue weighted by Crippen LogP contribution is 2.08. The van der Waals surface area contributed by atoms with Crippen LogP contribution in [0, 0.1) is 0 Å². The van der Waals surface area contributed by atoms with Gasteiger partial charge in [0, 0.05) is 11.1 Å². The number of benzene rings is 2. The van der Waals surface area contributed by atoms with Crippen LogP contribution in [-0.2, 0) is 0 Å². The lowest BCUT2D eigenvalue weighted by Gasteiger charge is -1.99. The summed E-state index contributed by atoms with van der Waals surface area (Å²) in [6.07, 6.45) is 0. The van der Waals surface area contributed by atoms with E-state index in [4.69, 9.17) is 0 Å². The van der Waals surface area contributed by atoms with Gasteiger partial charge in [-0.25, -0.2) is 0 Å². The first-order chi connectivity index (χ1) is 6.88. The fourth-order valence-electron chi connectivity index (χ4n) is 1.35. The highest BCUT2D eigenvalue weighted by molar-refractivity contribution is 6.08. The van der Waals surface area contributed by atoms with Crippen molar-refractivity contribution in [1.82, 2.24) is 0 Å². The SMILES string of the molecule is Cl.Cl.O=C(c1ccccc1)c1ccccc1. The average Bonchev–Trinajstić information content (AvgIpc) is 2.30. The summed E-state index contributed by atoms with van der Waals surface area (Å²) in [6, 6.07) is 18.6. The van der Waals surface area contributed by atoms with Crippen molar-refractivity contribution in [2.24, 2.45) is 0 Å². The maximum atomic E-state index is 11.8. The molecular weight excluding hydrogens is 243 g/mol. The van der Waals surface area contributed by atoms with Gasteiger partial charge < -0.3 is 0 Å². The Morgan fingerprint density at radius 3 is 1.25 bits per heavy atom. The second kappa shape index (κ2) is 7.04. The van der Waals surface area contributed by atoms with Gasteiger partial charge in [0.2, 0.25) is 0 Å².